The predicted octanol–water partition coefficient (Wildman–Crippen LogP) is 4.37. The molecule has 0 saturated carbocycles. The molecule has 1 rings (SSSR count). The first-order chi connectivity index (χ1) is 10.1. The van der Waals surface area contributed by atoms with Crippen LogP contribution < -0.4 is 0 Å². The summed E-state index contributed by atoms with van der Waals surface area (Å²) >= 11 is 5.78. The number of esters is 1. The van der Waals surface area contributed by atoms with Crippen LogP contribution in [0.4, 0.5) is 0 Å². The number of hydrogen-bond donors (Lipinski definition) is 0. The second kappa shape index (κ2) is 9.56. The van der Waals surface area contributed by atoms with E-state index in [4.69, 9.17) is 16.3 Å². The minimum atomic E-state index is -0.789. The van der Waals surface area contributed by atoms with Crippen LogP contribution in [0.5, 0.6) is 0 Å². The molecule has 0 bridgehead atoms. The third-order valence-corrected chi connectivity index (χ3v) is 3.87. The average Bonchev–Trinajstić information content (AvgIpc) is 2.54. The summed E-state index contributed by atoms with van der Waals surface area (Å²) in [5.41, 5.74) is 0.984. The van der Waals surface area contributed by atoms with Gasteiger partial charge < -0.3 is 4.74 Å². The molecule has 21 heavy (non-hydrogen) atoms. The summed E-state index contributed by atoms with van der Waals surface area (Å²) in [7, 11) is 0. The van der Waals surface area contributed by atoms with Crippen LogP contribution in [0.15, 0.2) is 24.3 Å². The summed E-state index contributed by atoms with van der Waals surface area (Å²) in [5.74, 6) is -0.882. The van der Waals surface area contributed by atoms with Crippen LogP contribution in [0, 0.1) is 5.92 Å². The molecule has 1 aromatic rings. The number of halogens is 1. The van der Waals surface area contributed by atoms with Crippen molar-refractivity contribution >= 4 is 23.4 Å². The summed E-state index contributed by atoms with van der Waals surface area (Å²) in [4.78, 5) is 24.0. The van der Waals surface area contributed by atoms with Crippen molar-refractivity contribution in [3.63, 3.8) is 0 Å². The van der Waals surface area contributed by atoms with Crippen molar-refractivity contribution in [3.05, 3.63) is 35.4 Å². The second-order valence-electron chi connectivity index (χ2n) is 5.13. The van der Waals surface area contributed by atoms with E-state index >= 15 is 0 Å². The highest BCUT2D eigenvalue weighted by atomic mass is 35.5. The number of alkyl halides is 1. The van der Waals surface area contributed by atoms with E-state index in [1.54, 1.807) is 24.3 Å². The highest BCUT2D eigenvalue weighted by Gasteiger charge is 2.21. The van der Waals surface area contributed by atoms with Gasteiger partial charge in [0.05, 0.1) is 6.61 Å². The number of rotatable bonds is 9. The molecule has 0 N–H and O–H groups in total. The quantitative estimate of drug-likeness (QED) is 0.294. The fraction of sp³-hybridized carbons (Fsp3) is 0.529. The molecule has 1 unspecified atom stereocenters. The fourth-order valence-electron chi connectivity index (χ4n) is 2.13. The van der Waals surface area contributed by atoms with E-state index in [0.29, 0.717) is 23.7 Å². The number of ketones is 1. The Morgan fingerprint density at radius 1 is 1.24 bits per heavy atom. The van der Waals surface area contributed by atoms with Crippen molar-refractivity contribution in [1.29, 1.82) is 0 Å². The van der Waals surface area contributed by atoms with Crippen LogP contribution in [-0.4, -0.2) is 18.4 Å². The van der Waals surface area contributed by atoms with Crippen molar-refractivity contribution in [3.8, 4) is 0 Å². The number of ether oxygens (including phenoxy) is 1. The Bertz CT molecular complexity index is 471. The van der Waals surface area contributed by atoms with Gasteiger partial charge >= 0.3 is 5.97 Å². The minimum absolute atomic E-state index is 0.198. The SMILES string of the molecule is CCCCC(CC)COC(=O)C(=O)c1ccccc1CCl. The molecule has 3 nitrogen and oxygen atoms in total. The minimum Gasteiger partial charge on any atom is -0.459 e. The molecule has 116 valence electrons. The Morgan fingerprint density at radius 3 is 2.57 bits per heavy atom. The lowest BCUT2D eigenvalue weighted by atomic mass is 10.0. The van der Waals surface area contributed by atoms with Crippen molar-refractivity contribution in [2.24, 2.45) is 5.92 Å². The van der Waals surface area contributed by atoms with Gasteiger partial charge in [0.1, 0.15) is 0 Å². The van der Waals surface area contributed by atoms with E-state index in [1.807, 2.05) is 0 Å². The molecule has 4 heteroatoms. The van der Waals surface area contributed by atoms with E-state index in [9.17, 15) is 9.59 Å². The van der Waals surface area contributed by atoms with Crippen LogP contribution in [0.3, 0.4) is 0 Å². The first-order valence-corrected chi connectivity index (χ1v) is 8.02. The van der Waals surface area contributed by atoms with Gasteiger partial charge in [-0.2, -0.15) is 0 Å². The molecule has 0 spiro atoms. The van der Waals surface area contributed by atoms with Crippen molar-refractivity contribution < 1.29 is 14.3 Å². The van der Waals surface area contributed by atoms with Crippen LogP contribution in [0.2, 0.25) is 0 Å². The monoisotopic (exact) mass is 310 g/mol. The van der Waals surface area contributed by atoms with Gasteiger partial charge in [0.25, 0.3) is 5.78 Å². The molecule has 0 aromatic heterocycles. The lowest BCUT2D eigenvalue weighted by Crippen LogP contribution is -2.22. The average molecular weight is 311 g/mol. The zero-order chi connectivity index (χ0) is 15.7. The first-order valence-electron chi connectivity index (χ1n) is 7.49. The fourth-order valence-corrected chi connectivity index (χ4v) is 2.36. The summed E-state index contributed by atoms with van der Waals surface area (Å²) in [6.07, 6.45) is 4.19. The number of benzene rings is 1. The molecule has 0 aliphatic carbocycles. The summed E-state index contributed by atoms with van der Waals surface area (Å²) in [6, 6.07) is 6.85. The first kappa shape index (κ1) is 17.7. The smallest absolute Gasteiger partial charge is 0.379 e. The Balaban J connectivity index is 2.60. The number of hydrogen-bond acceptors (Lipinski definition) is 3. The third kappa shape index (κ3) is 5.50. The number of carbonyl (C=O) groups excluding carboxylic acids is 2. The van der Waals surface area contributed by atoms with Crippen LogP contribution in [0.1, 0.15) is 55.5 Å². The third-order valence-electron chi connectivity index (χ3n) is 3.58. The van der Waals surface area contributed by atoms with Gasteiger partial charge in [-0.15, -0.1) is 11.6 Å². The molecule has 0 radical (unpaired) electrons. The van der Waals surface area contributed by atoms with Gasteiger partial charge in [0.15, 0.2) is 0 Å². The molecular weight excluding hydrogens is 288 g/mol. The summed E-state index contributed by atoms with van der Waals surface area (Å²) in [5, 5.41) is 0. The molecular formula is C17H23ClO3. The highest BCUT2D eigenvalue weighted by molar-refractivity contribution is 6.41. The molecule has 0 heterocycles. The van der Waals surface area contributed by atoms with Crippen molar-refractivity contribution in [2.45, 2.75) is 45.4 Å². The maximum Gasteiger partial charge on any atom is 0.379 e. The summed E-state index contributed by atoms with van der Waals surface area (Å²) in [6.45, 7) is 4.51. The maximum absolute atomic E-state index is 12.1. The van der Waals surface area contributed by atoms with E-state index < -0.39 is 11.8 Å². The highest BCUT2D eigenvalue weighted by Crippen LogP contribution is 2.15. The zero-order valence-corrected chi connectivity index (χ0v) is 13.5. The molecule has 0 aliphatic rings. The number of Topliss-reactive ketones (excluding diaryl/α,β-unsaturated/α-hetero) is 1. The largest absolute Gasteiger partial charge is 0.459 e. The van der Waals surface area contributed by atoms with Crippen molar-refractivity contribution in [1.82, 2.24) is 0 Å². The molecule has 1 atom stereocenters. The van der Waals surface area contributed by atoms with Gasteiger partial charge in [-0.3, -0.25) is 4.79 Å². The van der Waals surface area contributed by atoms with Crippen LogP contribution in [-0.2, 0) is 15.4 Å². The van der Waals surface area contributed by atoms with Gasteiger partial charge in [-0.05, 0) is 17.9 Å². The number of unbranched alkanes of at least 4 members (excludes halogenated alkanes) is 1. The van der Waals surface area contributed by atoms with Gasteiger partial charge in [-0.25, -0.2) is 4.79 Å². The summed E-state index contributed by atoms with van der Waals surface area (Å²) < 4.78 is 5.18. The lowest BCUT2D eigenvalue weighted by Gasteiger charge is -2.14. The van der Waals surface area contributed by atoms with Gasteiger partial charge in [0.2, 0.25) is 0 Å². The Morgan fingerprint density at radius 2 is 1.95 bits per heavy atom. The zero-order valence-electron chi connectivity index (χ0n) is 12.7. The second-order valence-corrected chi connectivity index (χ2v) is 5.40. The van der Waals surface area contributed by atoms with Gasteiger partial charge in [0, 0.05) is 11.4 Å². The van der Waals surface area contributed by atoms with E-state index in [0.717, 1.165) is 25.7 Å². The maximum atomic E-state index is 12.1. The lowest BCUT2D eigenvalue weighted by molar-refractivity contribution is -0.139. The number of carbonyl (C=O) groups is 2. The molecule has 0 aliphatic heterocycles. The van der Waals surface area contributed by atoms with E-state index in [2.05, 4.69) is 13.8 Å². The normalized spacial score (nSPS) is 12.0. The molecule has 0 saturated heterocycles. The molecule has 0 fully saturated rings. The van der Waals surface area contributed by atoms with Crippen molar-refractivity contribution in [2.75, 3.05) is 6.61 Å². The topological polar surface area (TPSA) is 43.4 Å². The Kier molecular flexibility index (Phi) is 8.06. The molecule has 1 aromatic carbocycles. The van der Waals surface area contributed by atoms with E-state index in [-0.39, 0.29) is 5.88 Å². The Labute approximate surface area is 131 Å². The van der Waals surface area contributed by atoms with Gasteiger partial charge in [-0.1, -0.05) is 57.4 Å². The standard InChI is InChI=1S/C17H23ClO3/c1-3-5-8-13(4-2)12-21-17(20)16(19)15-10-7-6-9-14(15)11-18/h6-7,9-10,13H,3-5,8,11-12H2,1-2H3. The van der Waals surface area contributed by atoms with Crippen LogP contribution in [0.25, 0.3) is 0 Å². The molecule has 0 amide bonds. The van der Waals surface area contributed by atoms with Crippen LogP contribution >= 0.6 is 11.6 Å². The Hall–Kier alpha value is -1.35. The predicted molar refractivity (Wildman–Crippen MR) is 84.6 cm³/mol. The van der Waals surface area contributed by atoms with E-state index in [1.165, 1.54) is 0 Å².